The molecule has 1 fully saturated rings. The van der Waals surface area contributed by atoms with Crippen molar-refractivity contribution in [3.63, 3.8) is 0 Å². The Labute approximate surface area is 97.9 Å². The zero-order chi connectivity index (χ0) is 11.4. The molecule has 2 heterocycles. The summed E-state index contributed by atoms with van der Waals surface area (Å²) in [6.45, 7) is 4.60. The van der Waals surface area contributed by atoms with Crippen molar-refractivity contribution in [1.82, 2.24) is 4.98 Å². The molecule has 16 heavy (non-hydrogen) atoms. The zero-order valence-electron chi connectivity index (χ0n) is 10.2. The van der Waals surface area contributed by atoms with Gasteiger partial charge in [0.15, 0.2) is 0 Å². The van der Waals surface area contributed by atoms with Crippen molar-refractivity contribution in [1.29, 1.82) is 0 Å². The topological polar surface area (TPSA) is 28.2 Å². The molecule has 0 bridgehead atoms. The lowest BCUT2D eigenvalue weighted by atomic mass is 9.96. The first-order valence-corrected chi connectivity index (χ1v) is 6.23. The fraction of sp³-hybridized carbons (Fsp3) is 0.615. The molecule has 1 aliphatic rings. The van der Waals surface area contributed by atoms with Crippen molar-refractivity contribution in [3.05, 3.63) is 18.2 Å². The van der Waals surface area contributed by atoms with Gasteiger partial charge in [0.1, 0.15) is 11.6 Å². The highest BCUT2D eigenvalue weighted by molar-refractivity contribution is 5.47. The summed E-state index contributed by atoms with van der Waals surface area (Å²) in [6, 6.07) is 6.19. The second-order valence-corrected chi connectivity index (χ2v) is 4.49. The van der Waals surface area contributed by atoms with Gasteiger partial charge in [-0.15, -0.1) is 0 Å². The average molecular weight is 219 g/mol. The van der Waals surface area contributed by atoms with Gasteiger partial charge in [0, 0.05) is 20.1 Å². The van der Waals surface area contributed by atoms with Crippen LogP contribution < -0.4 is 10.2 Å². The molecule has 0 aliphatic carbocycles. The summed E-state index contributed by atoms with van der Waals surface area (Å²) in [5, 5.41) is 3.09. The van der Waals surface area contributed by atoms with E-state index in [0.717, 1.165) is 30.6 Å². The Morgan fingerprint density at radius 1 is 1.50 bits per heavy atom. The Hall–Kier alpha value is -1.25. The van der Waals surface area contributed by atoms with Crippen LogP contribution in [0.2, 0.25) is 0 Å². The van der Waals surface area contributed by atoms with Crippen LogP contribution in [0.15, 0.2) is 18.2 Å². The van der Waals surface area contributed by atoms with Crippen LogP contribution in [0.3, 0.4) is 0 Å². The number of piperidine rings is 1. The number of hydrogen-bond acceptors (Lipinski definition) is 3. The van der Waals surface area contributed by atoms with Crippen molar-refractivity contribution in [3.8, 4) is 0 Å². The Kier molecular flexibility index (Phi) is 3.65. The SMILES string of the molecule is CCC1CCCN(c2cccc(NC)n2)C1. The number of aromatic nitrogens is 1. The van der Waals surface area contributed by atoms with E-state index in [1.54, 1.807) is 0 Å². The molecule has 0 aromatic carbocycles. The van der Waals surface area contributed by atoms with E-state index < -0.39 is 0 Å². The molecule has 0 spiro atoms. The highest BCUT2D eigenvalue weighted by Crippen LogP contribution is 2.24. The van der Waals surface area contributed by atoms with Crippen LogP contribution in [0.25, 0.3) is 0 Å². The van der Waals surface area contributed by atoms with Crippen molar-refractivity contribution >= 4 is 11.6 Å². The fourth-order valence-corrected chi connectivity index (χ4v) is 2.34. The quantitative estimate of drug-likeness (QED) is 0.847. The number of anilines is 2. The lowest BCUT2D eigenvalue weighted by Gasteiger charge is -2.33. The minimum atomic E-state index is 0.841. The lowest BCUT2D eigenvalue weighted by molar-refractivity contribution is 0.403. The third kappa shape index (κ3) is 2.46. The smallest absolute Gasteiger partial charge is 0.130 e. The van der Waals surface area contributed by atoms with Gasteiger partial charge < -0.3 is 10.2 Å². The third-order valence-electron chi connectivity index (χ3n) is 3.41. The monoisotopic (exact) mass is 219 g/mol. The summed E-state index contributed by atoms with van der Waals surface area (Å²) in [5.41, 5.74) is 0. The number of nitrogens with zero attached hydrogens (tertiary/aromatic N) is 2. The molecule has 0 saturated carbocycles. The van der Waals surface area contributed by atoms with Gasteiger partial charge in [0.25, 0.3) is 0 Å². The lowest BCUT2D eigenvalue weighted by Crippen LogP contribution is -2.35. The largest absolute Gasteiger partial charge is 0.373 e. The van der Waals surface area contributed by atoms with Gasteiger partial charge in [-0.25, -0.2) is 4.98 Å². The Morgan fingerprint density at radius 2 is 2.38 bits per heavy atom. The summed E-state index contributed by atoms with van der Waals surface area (Å²) in [4.78, 5) is 7.01. The zero-order valence-corrected chi connectivity index (χ0v) is 10.2. The number of rotatable bonds is 3. The van der Waals surface area contributed by atoms with Gasteiger partial charge in [-0.1, -0.05) is 19.4 Å². The molecule has 0 amide bonds. The van der Waals surface area contributed by atoms with Gasteiger partial charge in [-0.05, 0) is 30.9 Å². The van der Waals surface area contributed by atoms with Crippen molar-refractivity contribution in [2.24, 2.45) is 5.92 Å². The minimum absolute atomic E-state index is 0.841. The third-order valence-corrected chi connectivity index (χ3v) is 3.41. The van der Waals surface area contributed by atoms with Crippen molar-refractivity contribution < 1.29 is 0 Å². The van der Waals surface area contributed by atoms with Crippen LogP contribution in [-0.2, 0) is 0 Å². The molecule has 88 valence electrons. The van der Waals surface area contributed by atoms with E-state index in [1.807, 2.05) is 13.1 Å². The van der Waals surface area contributed by atoms with Crippen LogP contribution in [-0.4, -0.2) is 25.1 Å². The molecule has 3 heteroatoms. The molecule has 1 aromatic heterocycles. The van der Waals surface area contributed by atoms with Gasteiger partial charge in [0.2, 0.25) is 0 Å². The van der Waals surface area contributed by atoms with Crippen LogP contribution >= 0.6 is 0 Å². The molecular weight excluding hydrogens is 198 g/mol. The Morgan fingerprint density at radius 3 is 3.12 bits per heavy atom. The van der Waals surface area contributed by atoms with Crippen LogP contribution in [0.1, 0.15) is 26.2 Å². The fourth-order valence-electron chi connectivity index (χ4n) is 2.34. The second kappa shape index (κ2) is 5.19. The first-order valence-electron chi connectivity index (χ1n) is 6.23. The molecule has 1 aliphatic heterocycles. The maximum atomic E-state index is 4.60. The Balaban J connectivity index is 2.10. The Bertz CT molecular complexity index is 338. The summed E-state index contributed by atoms with van der Waals surface area (Å²) < 4.78 is 0. The van der Waals surface area contributed by atoms with Gasteiger partial charge in [-0.3, -0.25) is 0 Å². The maximum Gasteiger partial charge on any atom is 0.130 e. The summed E-state index contributed by atoms with van der Waals surface area (Å²) in [5.74, 6) is 2.91. The normalized spacial score (nSPS) is 20.9. The second-order valence-electron chi connectivity index (χ2n) is 4.49. The predicted molar refractivity (Wildman–Crippen MR) is 69.0 cm³/mol. The molecule has 1 unspecified atom stereocenters. The summed E-state index contributed by atoms with van der Waals surface area (Å²) in [6.07, 6.45) is 3.95. The van der Waals surface area contributed by atoms with E-state index in [9.17, 15) is 0 Å². The van der Waals surface area contributed by atoms with Gasteiger partial charge >= 0.3 is 0 Å². The first-order chi connectivity index (χ1) is 7.83. The van der Waals surface area contributed by atoms with Crippen molar-refractivity contribution in [2.75, 3.05) is 30.4 Å². The standard InChI is InChI=1S/C13H21N3/c1-3-11-6-5-9-16(10-11)13-8-4-7-12(14-2)15-13/h4,7-8,11H,3,5-6,9-10H2,1-2H3,(H,14,15). The van der Waals surface area contributed by atoms with Crippen LogP contribution in [0.4, 0.5) is 11.6 Å². The van der Waals surface area contributed by atoms with Gasteiger partial charge in [0.05, 0.1) is 0 Å². The minimum Gasteiger partial charge on any atom is -0.373 e. The maximum absolute atomic E-state index is 4.60. The molecular formula is C13H21N3. The molecule has 0 radical (unpaired) electrons. The van der Waals surface area contributed by atoms with Crippen LogP contribution in [0.5, 0.6) is 0 Å². The van der Waals surface area contributed by atoms with E-state index in [2.05, 4.69) is 34.3 Å². The van der Waals surface area contributed by atoms with E-state index in [-0.39, 0.29) is 0 Å². The van der Waals surface area contributed by atoms with E-state index >= 15 is 0 Å². The summed E-state index contributed by atoms with van der Waals surface area (Å²) >= 11 is 0. The van der Waals surface area contributed by atoms with Crippen molar-refractivity contribution in [2.45, 2.75) is 26.2 Å². The molecule has 3 nitrogen and oxygen atoms in total. The number of pyridine rings is 1. The predicted octanol–water partition coefficient (Wildman–Crippen LogP) is 2.75. The molecule has 1 saturated heterocycles. The molecule has 1 N–H and O–H groups in total. The first kappa shape index (κ1) is 11.2. The number of hydrogen-bond donors (Lipinski definition) is 1. The molecule has 2 rings (SSSR count). The van der Waals surface area contributed by atoms with Gasteiger partial charge in [-0.2, -0.15) is 0 Å². The van der Waals surface area contributed by atoms with Crippen LogP contribution in [0, 0.1) is 5.92 Å². The highest BCUT2D eigenvalue weighted by atomic mass is 15.2. The van der Waals surface area contributed by atoms with E-state index in [1.165, 1.54) is 19.3 Å². The van der Waals surface area contributed by atoms with E-state index in [4.69, 9.17) is 0 Å². The highest BCUT2D eigenvalue weighted by Gasteiger charge is 2.19. The average Bonchev–Trinajstić information content (AvgIpc) is 2.39. The van der Waals surface area contributed by atoms with E-state index in [0.29, 0.717) is 0 Å². The molecule has 1 atom stereocenters. The number of nitrogens with one attached hydrogen (secondary N) is 1. The summed E-state index contributed by atoms with van der Waals surface area (Å²) in [7, 11) is 1.91. The molecule has 1 aromatic rings.